The standard InChI is InChI=1S/C11H15NS/c13-7-1-2-9-3-4-11-10(8-9)5-6-12-11/h3-4,8,12-13H,1-2,5-7H2. The lowest BCUT2D eigenvalue weighted by Gasteiger charge is -2.03. The fraction of sp³-hybridized carbons (Fsp3) is 0.455. The lowest BCUT2D eigenvalue weighted by atomic mass is 10.1. The van der Waals surface area contributed by atoms with Crippen molar-refractivity contribution in [2.24, 2.45) is 0 Å². The van der Waals surface area contributed by atoms with Gasteiger partial charge >= 0.3 is 0 Å². The minimum Gasteiger partial charge on any atom is -0.384 e. The Balaban J connectivity index is 2.12. The first-order chi connectivity index (χ1) is 6.40. The molecule has 1 aromatic rings. The maximum absolute atomic E-state index is 4.22. The van der Waals surface area contributed by atoms with E-state index in [1.807, 2.05) is 0 Å². The first-order valence-electron chi connectivity index (χ1n) is 4.86. The molecule has 2 rings (SSSR count). The van der Waals surface area contributed by atoms with Crippen LogP contribution in [0, 0.1) is 0 Å². The Morgan fingerprint density at radius 2 is 2.31 bits per heavy atom. The third kappa shape index (κ3) is 1.99. The van der Waals surface area contributed by atoms with E-state index in [9.17, 15) is 0 Å². The molecule has 1 N–H and O–H groups in total. The third-order valence-electron chi connectivity index (χ3n) is 2.50. The van der Waals surface area contributed by atoms with Crippen LogP contribution in [0.2, 0.25) is 0 Å². The number of thiol groups is 1. The van der Waals surface area contributed by atoms with Crippen LogP contribution in [0.4, 0.5) is 5.69 Å². The largest absolute Gasteiger partial charge is 0.384 e. The van der Waals surface area contributed by atoms with Gasteiger partial charge < -0.3 is 5.32 Å². The molecule has 1 aliphatic heterocycles. The van der Waals surface area contributed by atoms with Crippen molar-refractivity contribution in [3.8, 4) is 0 Å². The van der Waals surface area contributed by atoms with Crippen molar-refractivity contribution < 1.29 is 0 Å². The molecule has 0 aromatic heterocycles. The summed E-state index contributed by atoms with van der Waals surface area (Å²) < 4.78 is 0. The van der Waals surface area contributed by atoms with E-state index in [0.29, 0.717) is 0 Å². The summed E-state index contributed by atoms with van der Waals surface area (Å²) in [6.45, 7) is 1.10. The van der Waals surface area contributed by atoms with Crippen LogP contribution in [-0.4, -0.2) is 12.3 Å². The number of benzene rings is 1. The predicted octanol–water partition coefficient (Wildman–Crippen LogP) is 2.52. The van der Waals surface area contributed by atoms with Crippen molar-refractivity contribution in [3.05, 3.63) is 29.3 Å². The Hall–Kier alpha value is -0.630. The molecule has 70 valence electrons. The van der Waals surface area contributed by atoms with E-state index < -0.39 is 0 Å². The van der Waals surface area contributed by atoms with Crippen molar-refractivity contribution in [2.75, 3.05) is 17.6 Å². The van der Waals surface area contributed by atoms with Gasteiger partial charge in [-0.1, -0.05) is 12.1 Å². The zero-order chi connectivity index (χ0) is 9.10. The molecule has 0 aliphatic carbocycles. The monoisotopic (exact) mass is 193 g/mol. The lowest BCUT2D eigenvalue weighted by Crippen LogP contribution is -1.90. The lowest BCUT2D eigenvalue weighted by molar-refractivity contribution is 0.933. The van der Waals surface area contributed by atoms with Crippen LogP contribution in [0.15, 0.2) is 18.2 Å². The van der Waals surface area contributed by atoms with E-state index in [1.165, 1.54) is 29.7 Å². The molecule has 0 saturated heterocycles. The van der Waals surface area contributed by atoms with Gasteiger partial charge in [-0.3, -0.25) is 0 Å². The highest BCUT2D eigenvalue weighted by Crippen LogP contribution is 2.23. The number of anilines is 1. The summed E-state index contributed by atoms with van der Waals surface area (Å²) in [5, 5.41) is 3.37. The zero-order valence-corrected chi connectivity index (χ0v) is 8.61. The Bertz CT molecular complexity index is 296. The van der Waals surface area contributed by atoms with Crippen LogP contribution in [0.25, 0.3) is 0 Å². The van der Waals surface area contributed by atoms with E-state index in [4.69, 9.17) is 0 Å². The molecule has 13 heavy (non-hydrogen) atoms. The van der Waals surface area contributed by atoms with Crippen LogP contribution in [0.5, 0.6) is 0 Å². The molecular formula is C11H15NS. The van der Waals surface area contributed by atoms with Gasteiger partial charge in [0.15, 0.2) is 0 Å². The highest BCUT2D eigenvalue weighted by molar-refractivity contribution is 7.80. The molecule has 0 atom stereocenters. The summed E-state index contributed by atoms with van der Waals surface area (Å²) in [6, 6.07) is 6.76. The zero-order valence-electron chi connectivity index (χ0n) is 7.71. The third-order valence-corrected chi connectivity index (χ3v) is 2.82. The molecule has 0 unspecified atom stereocenters. The average molecular weight is 193 g/mol. The van der Waals surface area contributed by atoms with Gasteiger partial charge in [0.1, 0.15) is 0 Å². The highest BCUT2D eigenvalue weighted by Gasteiger charge is 2.09. The molecule has 0 fully saturated rings. The van der Waals surface area contributed by atoms with Crippen molar-refractivity contribution in [1.29, 1.82) is 0 Å². The van der Waals surface area contributed by atoms with E-state index in [2.05, 4.69) is 36.1 Å². The van der Waals surface area contributed by atoms with Gasteiger partial charge in [-0.2, -0.15) is 12.6 Å². The minimum absolute atomic E-state index is 0.981. The van der Waals surface area contributed by atoms with Crippen LogP contribution in [-0.2, 0) is 12.8 Å². The van der Waals surface area contributed by atoms with Crippen molar-refractivity contribution >= 4 is 18.3 Å². The van der Waals surface area contributed by atoms with Gasteiger partial charge in [0.05, 0.1) is 0 Å². The number of hydrogen-bond acceptors (Lipinski definition) is 2. The summed E-state index contributed by atoms with van der Waals surface area (Å²) in [4.78, 5) is 0. The van der Waals surface area contributed by atoms with E-state index in [-0.39, 0.29) is 0 Å². The molecule has 1 heterocycles. The topological polar surface area (TPSA) is 12.0 Å². The number of nitrogens with one attached hydrogen (secondary N) is 1. The Kier molecular flexibility index (Phi) is 2.79. The molecule has 0 amide bonds. The molecule has 1 aliphatic rings. The van der Waals surface area contributed by atoms with Crippen LogP contribution in [0.3, 0.4) is 0 Å². The Labute approximate surface area is 85.0 Å². The first kappa shape index (κ1) is 8.95. The normalized spacial score (nSPS) is 13.9. The number of rotatable bonds is 3. The van der Waals surface area contributed by atoms with Gasteiger partial charge in [0, 0.05) is 12.2 Å². The summed E-state index contributed by atoms with van der Waals surface area (Å²) in [5.41, 5.74) is 4.27. The van der Waals surface area contributed by atoms with Gasteiger partial charge in [-0.15, -0.1) is 0 Å². The second kappa shape index (κ2) is 4.05. The molecule has 0 spiro atoms. The number of fused-ring (bicyclic) bond motifs is 1. The molecule has 1 aromatic carbocycles. The fourth-order valence-corrected chi connectivity index (χ4v) is 1.95. The van der Waals surface area contributed by atoms with Crippen LogP contribution < -0.4 is 5.32 Å². The Morgan fingerprint density at radius 3 is 3.15 bits per heavy atom. The van der Waals surface area contributed by atoms with Crippen molar-refractivity contribution in [3.63, 3.8) is 0 Å². The van der Waals surface area contributed by atoms with Gasteiger partial charge in [0.2, 0.25) is 0 Å². The summed E-state index contributed by atoms with van der Waals surface area (Å²) in [7, 11) is 0. The smallest absolute Gasteiger partial charge is 0.0373 e. The maximum Gasteiger partial charge on any atom is 0.0373 e. The van der Waals surface area contributed by atoms with Gasteiger partial charge in [-0.25, -0.2) is 0 Å². The molecule has 0 bridgehead atoms. The predicted molar refractivity (Wildman–Crippen MR) is 60.8 cm³/mol. The summed E-state index contributed by atoms with van der Waals surface area (Å²) in [5.74, 6) is 0.981. The molecule has 0 radical (unpaired) electrons. The van der Waals surface area contributed by atoms with Crippen LogP contribution >= 0.6 is 12.6 Å². The second-order valence-corrected chi connectivity index (χ2v) is 3.94. The fourth-order valence-electron chi connectivity index (χ4n) is 1.80. The van der Waals surface area contributed by atoms with E-state index in [0.717, 1.165) is 18.7 Å². The average Bonchev–Trinajstić information content (AvgIpc) is 2.61. The molecule has 1 nitrogen and oxygen atoms in total. The van der Waals surface area contributed by atoms with E-state index in [1.54, 1.807) is 0 Å². The second-order valence-electron chi connectivity index (χ2n) is 3.50. The van der Waals surface area contributed by atoms with E-state index >= 15 is 0 Å². The first-order valence-corrected chi connectivity index (χ1v) is 5.50. The molecule has 0 saturated carbocycles. The Morgan fingerprint density at radius 1 is 1.38 bits per heavy atom. The van der Waals surface area contributed by atoms with Gasteiger partial charge in [-0.05, 0) is 42.2 Å². The number of aryl methyl sites for hydroxylation is 1. The maximum atomic E-state index is 4.22. The van der Waals surface area contributed by atoms with Crippen molar-refractivity contribution in [1.82, 2.24) is 0 Å². The minimum atomic E-state index is 0.981. The molecular weight excluding hydrogens is 178 g/mol. The van der Waals surface area contributed by atoms with Crippen molar-refractivity contribution in [2.45, 2.75) is 19.3 Å². The summed E-state index contributed by atoms with van der Waals surface area (Å²) >= 11 is 4.22. The molecule has 2 heteroatoms. The highest BCUT2D eigenvalue weighted by atomic mass is 32.1. The quantitative estimate of drug-likeness (QED) is 0.703. The van der Waals surface area contributed by atoms with Crippen LogP contribution in [0.1, 0.15) is 17.5 Å². The summed E-state index contributed by atoms with van der Waals surface area (Å²) in [6.07, 6.45) is 3.52. The number of hydrogen-bond donors (Lipinski definition) is 2. The van der Waals surface area contributed by atoms with Gasteiger partial charge in [0.25, 0.3) is 0 Å². The SMILES string of the molecule is SCCCc1ccc2c(c1)CCN2.